The first kappa shape index (κ1) is 20.0. The smallest absolute Gasteiger partial charge is 0.251 e. The molecule has 0 spiro atoms. The molecule has 0 radical (unpaired) electrons. The fourth-order valence-corrected chi connectivity index (χ4v) is 3.55. The van der Waals surface area contributed by atoms with Gasteiger partial charge in [0.05, 0.1) is 0 Å². The lowest BCUT2D eigenvalue weighted by molar-refractivity contribution is -0.135. The van der Waals surface area contributed by atoms with Gasteiger partial charge in [-0.15, -0.1) is 0 Å². The maximum absolute atomic E-state index is 13.1. The molecule has 3 rings (SSSR count). The Hall–Kier alpha value is -2.70. The van der Waals surface area contributed by atoms with Gasteiger partial charge in [0.25, 0.3) is 5.91 Å². The second-order valence-corrected chi connectivity index (χ2v) is 7.84. The fourth-order valence-electron chi connectivity index (χ4n) is 3.55. The van der Waals surface area contributed by atoms with Crippen LogP contribution in [0.2, 0.25) is 0 Å². The van der Waals surface area contributed by atoms with Gasteiger partial charge in [0.1, 0.15) is 6.04 Å². The monoisotopic (exact) mass is 384 g/mol. The van der Waals surface area contributed by atoms with Crippen LogP contribution in [0.5, 0.6) is 0 Å². The van der Waals surface area contributed by atoms with Crippen molar-refractivity contribution in [2.45, 2.75) is 52.5 Å². The molecule has 1 aromatic heterocycles. The molecule has 1 aliphatic rings. The predicted octanol–water partition coefficient (Wildman–Crippen LogP) is 2.85. The largest absolute Gasteiger partial charge is 0.341 e. The number of rotatable bonds is 5. The van der Waals surface area contributed by atoms with E-state index in [9.17, 15) is 9.59 Å². The molecule has 150 valence electrons. The van der Waals surface area contributed by atoms with Crippen LogP contribution in [0, 0.1) is 19.8 Å². The van der Waals surface area contributed by atoms with Crippen molar-refractivity contribution < 1.29 is 14.1 Å². The van der Waals surface area contributed by atoms with Gasteiger partial charge >= 0.3 is 0 Å². The van der Waals surface area contributed by atoms with Crippen LogP contribution in [0.15, 0.2) is 28.8 Å². The van der Waals surface area contributed by atoms with Crippen molar-refractivity contribution in [2.75, 3.05) is 13.1 Å². The van der Waals surface area contributed by atoms with Gasteiger partial charge in [0, 0.05) is 24.6 Å². The Morgan fingerprint density at radius 1 is 1.21 bits per heavy atom. The van der Waals surface area contributed by atoms with Crippen molar-refractivity contribution in [1.82, 2.24) is 20.4 Å². The number of carbonyl (C=O) groups excluding carboxylic acids is 2. The Kier molecular flexibility index (Phi) is 6.11. The summed E-state index contributed by atoms with van der Waals surface area (Å²) in [6.07, 6.45) is 1.56. The number of likely N-dealkylation sites (tertiary alicyclic amines) is 1. The minimum absolute atomic E-state index is 0.00225. The summed E-state index contributed by atoms with van der Waals surface area (Å²) in [5.74, 6) is 1.22. The highest BCUT2D eigenvalue weighted by molar-refractivity contribution is 5.97. The van der Waals surface area contributed by atoms with E-state index >= 15 is 0 Å². The van der Waals surface area contributed by atoms with Crippen LogP contribution in [-0.4, -0.2) is 46.0 Å². The molecule has 1 aromatic carbocycles. The number of benzene rings is 1. The summed E-state index contributed by atoms with van der Waals surface area (Å²) in [5, 5.41) is 6.78. The van der Waals surface area contributed by atoms with E-state index in [1.807, 2.05) is 43.9 Å². The molecular weight excluding hydrogens is 356 g/mol. The Morgan fingerprint density at radius 2 is 1.93 bits per heavy atom. The van der Waals surface area contributed by atoms with E-state index < -0.39 is 6.04 Å². The van der Waals surface area contributed by atoms with E-state index in [0.29, 0.717) is 30.4 Å². The van der Waals surface area contributed by atoms with Crippen molar-refractivity contribution in [3.63, 3.8) is 0 Å². The summed E-state index contributed by atoms with van der Waals surface area (Å²) in [7, 11) is 0. The first-order chi connectivity index (χ1) is 13.3. The highest BCUT2D eigenvalue weighted by atomic mass is 16.5. The van der Waals surface area contributed by atoms with Gasteiger partial charge in [-0.2, -0.15) is 4.98 Å². The quantitative estimate of drug-likeness (QED) is 0.856. The van der Waals surface area contributed by atoms with Crippen LogP contribution in [0.25, 0.3) is 0 Å². The first-order valence-electron chi connectivity index (χ1n) is 9.81. The van der Waals surface area contributed by atoms with Crippen LogP contribution >= 0.6 is 0 Å². The van der Waals surface area contributed by atoms with E-state index in [1.54, 1.807) is 13.0 Å². The molecule has 0 saturated carbocycles. The maximum Gasteiger partial charge on any atom is 0.251 e. The molecule has 1 unspecified atom stereocenters. The van der Waals surface area contributed by atoms with Crippen LogP contribution in [0.1, 0.15) is 60.2 Å². The van der Waals surface area contributed by atoms with Gasteiger partial charge in [-0.25, -0.2) is 0 Å². The molecule has 0 aliphatic carbocycles. The number of nitrogens with one attached hydrogen (secondary N) is 1. The van der Waals surface area contributed by atoms with Crippen molar-refractivity contribution in [1.29, 1.82) is 0 Å². The Labute approximate surface area is 165 Å². The summed E-state index contributed by atoms with van der Waals surface area (Å²) in [4.78, 5) is 31.9. The zero-order chi connectivity index (χ0) is 20.3. The standard InChI is InChI=1S/C21H28N4O3/c1-13(2)18(23-19(26)17-7-5-6-14(3)12-17)21(27)25-10-8-16(9-11-25)20-22-15(4)24-28-20/h5-7,12-13,16,18H,8-11H2,1-4H3,(H,23,26). The number of carbonyl (C=O) groups is 2. The molecule has 0 bridgehead atoms. The molecule has 1 N–H and O–H groups in total. The minimum atomic E-state index is -0.546. The number of amides is 2. The average molecular weight is 384 g/mol. The molecule has 1 atom stereocenters. The molecule has 1 aliphatic heterocycles. The molecule has 28 heavy (non-hydrogen) atoms. The topological polar surface area (TPSA) is 88.3 Å². The lowest BCUT2D eigenvalue weighted by Crippen LogP contribution is -2.52. The Morgan fingerprint density at radius 3 is 2.50 bits per heavy atom. The normalized spacial score (nSPS) is 16.2. The Bertz CT molecular complexity index is 838. The number of aromatic nitrogens is 2. The number of hydrogen-bond donors (Lipinski definition) is 1. The number of hydrogen-bond acceptors (Lipinski definition) is 5. The van der Waals surface area contributed by atoms with E-state index in [1.165, 1.54) is 0 Å². The molecule has 7 heteroatoms. The lowest BCUT2D eigenvalue weighted by atomic mass is 9.94. The average Bonchev–Trinajstić information content (AvgIpc) is 3.11. The van der Waals surface area contributed by atoms with Crippen LogP contribution in [0.3, 0.4) is 0 Å². The van der Waals surface area contributed by atoms with Gasteiger partial charge in [0.2, 0.25) is 11.8 Å². The van der Waals surface area contributed by atoms with E-state index in [2.05, 4.69) is 15.5 Å². The van der Waals surface area contributed by atoms with Crippen molar-refractivity contribution in [2.24, 2.45) is 5.92 Å². The van der Waals surface area contributed by atoms with Gasteiger partial charge in [-0.05, 0) is 44.7 Å². The molecular formula is C21H28N4O3. The van der Waals surface area contributed by atoms with Gasteiger partial charge in [-0.3, -0.25) is 9.59 Å². The van der Waals surface area contributed by atoms with Crippen molar-refractivity contribution in [3.05, 3.63) is 47.1 Å². The summed E-state index contributed by atoms with van der Waals surface area (Å²) >= 11 is 0. The molecule has 1 saturated heterocycles. The summed E-state index contributed by atoms with van der Waals surface area (Å²) in [5.41, 5.74) is 1.59. The third-order valence-corrected chi connectivity index (χ3v) is 5.20. The summed E-state index contributed by atoms with van der Waals surface area (Å²) in [6, 6.07) is 6.84. The fraction of sp³-hybridized carbons (Fsp3) is 0.524. The van der Waals surface area contributed by atoms with Crippen LogP contribution < -0.4 is 5.32 Å². The number of aryl methyl sites for hydroxylation is 2. The highest BCUT2D eigenvalue weighted by Crippen LogP contribution is 2.27. The van der Waals surface area contributed by atoms with Crippen LogP contribution in [0.4, 0.5) is 0 Å². The van der Waals surface area contributed by atoms with Gasteiger partial charge in [0.15, 0.2) is 5.82 Å². The number of piperidine rings is 1. The van der Waals surface area contributed by atoms with E-state index in [-0.39, 0.29) is 23.7 Å². The third-order valence-electron chi connectivity index (χ3n) is 5.20. The summed E-state index contributed by atoms with van der Waals surface area (Å²) in [6.45, 7) is 8.88. The number of nitrogens with zero attached hydrogens (tertiary/aromatic N) is 3. The van der Waals surface area contributed by atoms with E-state index in [0.717, 1.165) is 18.4 Å². The lowest BCUT2D eigenvalue weighted by Gasteiger charge is -2.34. The second kappa shape index (κ2) is 8.54. The van der Waals surface area contributed by atoms with Crippen molar-refractivity contribution in [3.8, 4) is 0 Å². The Balaban J connectivity index is 1.62. The van der Waals surface area contributed by atoms with Crippen LogP contribution in [-0.2, 0) is 4.79 Å². The van der Waals surface area contributed by atoms with E-state index in [4.69, 9.17) is 4.52 Å². The SMILES string of the molecule is Cc1cccc(C(=O)NC(C(=O)N2CCC(c3nc(C)no3)CC2)C(C)C)c1. The van der Waals surface area contributed by atoms with Gasteiger partial charge < -0.3 is 14.7 Å². The summed E-state index contributed by atoms with van der Waals surface area (Å²) < 4.78 is 5.27. The molecule has 2 amide bonds. The zero-order valence-electron chi connectivity index (χ0n) is 16.9. The first-order valence-corrected chi connectivity index (χ1v) is 9.81. The molecule has 2 aromatic rings. The minimum Gasteiger partial charge on any atom is -0.341 e. The third kappa shape index (κ3) is 4.58. The molecule has 7 nitrogen and oxygen atoms in total. The second-order valence-electron chi connectivity index (χ2n) is 7.84. The molecule has 2 heterocycles. The molecule has 1 fully saturated rings. The maximum atomic E-state index is 13.1. The van der Waals surface area contributed by atoms with Gasteiger partial charge in [-0.1, -0.05) is 36.7 Å². The predicted molar refractivity (Wildman–Crippen MR) is 105 cm³/mol. The highest BCUT2D eigenvalue weighted by Gasteiger charge is 2.33. The zero-order valence-corrected chi connectivity index (χ0v) is 16.9. The van der Waals surface area contributed by atoms with Crippen molar-refractivity contribution >= 4 is 11.8 Å².